The van der Waals surface area contributed by atoms with Crippen LogP contribution in [-0.2, 0) is 22.7 Å². The van der Waals surface area contributed by atoms with E-state index in [0.29, 0.717) is 12.3 Å². The third-order valence-corrected chi connectivity index (χ3v) is 4.00. The van der Waals surface area contributed by atoms with Crippen molar-refractivity contribution in [1.29, 1.82) is 0 Å². The van der Waals surface area contributed by atoms with E-state index in [-0.39, 0.29) is 19.1 Å². The molecule has 0 heterocycles. The number of carbonyl (C=O) groups is 2. The molecule has 6 heteroatoms. The molecule has 0 unspecified atom stereocenters. The van der Waals surface area contributed by atoms with Gasteiger partial charge in [-0.25, -0.2) is 4.79 Å². The first kappa shape index (κ1) is 19.9. The van der Waals surface area contributed by atoms with E-state index in [1.165, 1.54) is 0 Å². The smallest absolute Gasteiger partial charge is 0.407 e. The molecule has 0 aliphatic rings. The van der Waals surface area contributed by atoms with E-state index in [0.717, 1.165) is 16.9 Å². The summed E-state index contributed by atoms with van der Waals surface area (Å²) in [6.45, 7) is 0.361. The van der Waals surface area contributed by atoms with Gasteiger partial charge < -0.3 is 20.1 Å². The largest absolute Gasteiger partial charge is 0.457 e. The number of ether oxygens (including phenoxy) is 2. The summed E-state index contributed by atoms with van der Waals surface area (Å²) in [5.74, 6) is 1.18. The van der Waals surface area contributed by atoms with Crippen LogP contribution in [0.2, 0.25) is 0 Å². The number of carbonyl (C=O) groups excluding carboxylic acids is 2. The van der Waals surface area contributed by atoms with Crippen molar-refractivity contribution in [3.8, 4) is 11.5 Å². The van der Waals surface area contributed by atoms with E-state index in [2.05, 4.69) is 10.6 Å². The Labute approximate surface area is 169 Å². The summed E-state index contributed by atoms with van der Waals surface area (Å²) in [5.41, 5.74) is 1.80. The second-order valence-electron chi connectivity index (χ2n) is 6.25. The van der Waals surface area contributed by atoms with Gasteiger partial charge in [0.15, 0.2) is 0 Å². The quantitative estimate of drug-likeness (QED) is 0.609. The van der Waals surface area contributed by atoms with E-state index in [1.807, 2.05) is 84.9 Å². The number of rotatable bonds is 8. The van der Waals surface area contributed by atoms with Gasteiger partial charge in [0, 0.05) is 6.54 Å². The van der Waals surface area contributed by atoms with Gasteiger partial charge in [-0.05, 0) is 35.4 Å². The summed E-state index contributed by atoms with van der Waals surface area (Å²) in [4.78, 5) is 23.6. The van der Waals surface area contributed by atoms with Crippen molar-refractivity contribution in [1.82, 2.24) is 10.6 Å². The molecular formula is C23H22N2O4. The first-order valence-electron chi connectivity index (χ1n) is 9.22. The van der Waals surface area contributed by atoms with E-state index in [9.17, 15) is 9.59 Å². The number of alkyl carbamates (subject to hydrolysis) is 1. The van der Waals surface area contributed by atoms with Crippen LogP contribution >= 0.6 is 0 Å². The molecule has 148 valence electrons. The molecule has 3 rings (SSSR count). The molecule has 0 fully saturated rings. The van der Waals surface area contributed by atoms with Crippen LogP contribution < -0.4 is 15.4 Å². The van der Waals surface area contributed by atoms with Gasteiger partial charge in [0.05, 0.1) is 0 Å². The van der Waals surface area contributed by atoms with Gasteiger partial charge in [0.2, 0.25) is 5.91 Å². The highest BCUT2D eigenvalue weighted by Gasteiger charge is 2.07. The van der Waals surface area contributed by atoms with Gasteiger partial charge in [-0.3, -0.25) is 4.79 Å². The average molecular weight is 390 g/mol. The topological polar surface area (TPSA) is 76.7 Å². The Balaban J connectivity index is 1.35. The fraction of sp³-hybridized carbons (Fsp3) is 0.130. The normalized spacial score (nSPS) is 10.1. The lowest BCUT2D eigenvalue weighted by Crippen LogP contribution is -2.36. The van der Waals surface area contributed by atoms with E-state index >= 15 is 0 Å². The third-order valence-electron chi connectivity index (χ3n) is 4.00. The summed E-state index contributed by atoms with van der Waals surface area (Å²) < 4.78 is 10.8. The van der Waals surface area contributed by atoms with Crippen LogP contribution in [0, 0.1) is 0 Å². The lowest BCUT2D eigenvalue weighted by molar-refractivity contribution is -0.120. The van der Waals surface area contributed by atoms with Crippen molar-refractivity contribution in [2.24, 2.45) is 0 Å². The molecule has 0 radical (unpaired) electrons. The Hall–Kier alpha value is -3.80. The van der Waals surface area contributed by atoms with Crippen LogP contribution in [0.1, 0.15) is 11.1 Å². The van der Waals surface area contributed by atoms with Gasteiger partial charge in [-0.15, -0.1) is 0 Å². The maximum absolute atomic E-state index is 11.9. The minimum atomic E-state index is -0.633. The summed E-state index contributed by atoms with van der Waals surface area (Å²) in [7, 11) is 0. The molecule has 0 aromatic heterocycles. The predicted molar refractivity (Wildman–Crippen MR) is 109 cm³/mol. The van der Waals surface area contributed by atoms with Gasteiger partial charge in [0.1, 0.15) is 24.7 Å². The Morgan fingerprint density at radius 3 is 2.00 bits per heavy atom. The maximum Gasteiger partial charge on any atom is 0.407 e. The molecule has 0 aliphatic carbocycles. The zero-order chi connectivity index (χ0) is 20.3. The molecule has 2 N–H and O–H groups in total. The molecule has 29 heavy (non-hydrogen) atoms. The average Bonchev–Trinajstić information content (AvgIpc) is 2.77. The lowest BCUT2D eigenvalue weighted by Gasteiger charge is -2.09. The molecule has 0 saturated carbocycles. The number of para-hydroxylation sites is 1. The van der Waals surface area contributed by atoms with E-state index < -0.39 is 6.09 Å². The first-order valence-corrected chi connectivity index (χ1v) is 9.22. The molecule has 0 atom stereocenters. The zero-order valence-electron chi connectivity index (χ0n) is 15.8. The highest BCUT2D eigenvalue weighted by atomic mass is 16.5. The van der Waals surface area contributed by atoms with Crippen LogP contribution in [0.25, 0.3) is 0 Å². The van der Waals surface area contributed by atoms with Crippen molar-refractivity contribution >= 4 is 12.0 Å². The van der Waals surface area contributed by atoms with Crippen molar-refractivity contribution in [3.05, 3.63) is 96.1 Å². The molecule has 3 aromatic carbocycles. The molecule has 0 spiro atoms. The summed E-state index contributed by atoms with van der Waals surface area (Å²) in [6.07, 6.45) is -0.633. The molecule has 6 nitrogen and oxygen atoms in total. The zero-order valence-corrected chi connectivity index (χ0v) is 15.8. The summed E-state index contributed by atoms with van der Waals surface area (Å²) in [5, 5.41) is 5.18. The monoisotopic (exact) mass is 390 g/mol. The van der Waals surface area contributed by atoms with Crippen molar-refractivity contribution < 1.29 is 19.1 Å². The van der Waals surface area contributed by atoms with Crippen LogP contribution in [0.5, 0.6) is 11.5 Å². The molecular weight excluding hydrogens is 368 g/mol. The van der Waals surface area contributed by atoms with Crippen molar-refractivity contribution in [3.63, 3.8) is 0 Å². The molecule has 0 aliphatic heterocycles. The Bertz CT molecular complexity index is 913. The second kappa shape index (κ2) is 10.5. The van der Waals surface area contributed by atoms with E-state index in [4.69, 9.17) is 9.47 Å². The number of benzene rings is 3. The van der Waals surface area contributed by atoms with Gasteiger partial charge >= 0.3 is 6.09 Å². The molecule has 0 bridgehead atoms. The van der Waals surface area contributed by atoms with E-state index in [1.54, 1.807) is 0 Å². The first-order chi connectivity index (χ1) is 14.2. The van der Waals surface area contributed by atoms with Gasteiger partial charge in [0.25, 0.3) is 0 Å². The number of hydrogen-bond donors (Lipinski definition) is 2. The minimum Gasteiger partial charge on any atom is -0.457 e. The number of hydrogen-bond acceptors (Lipinski definition) is 4. The van der Waals surface area contributed by atoms with Gasteiger partial charge in [-0.2, -0.15) is 0 Å². The second-order valence-corrected chi connectivity index (χ2v) is 6.25. The van der Waals surface area contributed by atoms with Crippen LogP contribution in [-0.4, -0.2) is 18.5 Å². The predicted octanol–water partition coefficient (Wildman–Crippen LogP) is 4.02. The highest BCUT2D eigenvalue weighted by molar-refractivity contribution is 5.82. The molecule has 2 amide bonds. The Morgan fingerprint density at radius 2 is 1.31 bits per heavy atom. The maximum atomic E-state index is 11.9. The molecule has 0 saturated heterocycles. The van der Waals surface area contributed by atoms with Crippen LogP contribution in [0.4, 0.5) is 4.79 Å². The lowest BCUT2D eigenvalue weighted by atomic mass is 10.2. The Kier molecular flexibility index (Phi) is 7.23. The SMILES string of the molecule is O=C(CNC(=O)OCc1ccccc1)NCc1ccc(Oc2ccccc2)cc1. The number of nitrogens with one attached hydrogen (secondary N) is 2. The molecule has 3 aromatic rings. The van der Waals surface area contributed by atoms with Gasteiger partial charge in [-0.1, -0.05) is 60.7 Å². The fourth-order valence-corrected chi connectivity index (χ4v) is 2.49. The van der Waals surface area contributed by atoms with Crippen LogP contribution in [0.3, 0.4) is 0 Å². The Morgan fingerprint density at radius 1 is 0.690 bits per heavy atom. The summed E-state index contributed by atoms with van der Waals surface area (Å²) in [6, 6.07) is 26.3. The minimum absolute atomic E-state index is 0.150. The summed E-state index contributed by atoms with van der Waals surface area (Å²) >= 11 is 0. The van der Waals surface area contributed by atoms with Crippen LogP contribution in [0.15, 0.2) is 84.9 Å². The third kappa shape index (κ3) is 7.03. The fourth-order valence-electron chi connectivity index (χ4n) is 2.49. The number of amides is 2. The van der Waals surface area contributed by atoms with Crippen molar-refractivity contribution in [2.45, 2.75) is 13.2 Å². The highest BCUT2D eigenvalue weighted by Crippen LogP contribution is 2.21. The van der Waals surface area contributed by atoms with Crippen molar-refractivity contribution in [2.75, 3.05) is 6.54 Å². The standard InChI is InChI=1S/C23H22N2O4/c26-22(16-25-23(27)28-17-19-7-3-1-4-8-19)24-15-18-11-13-21(14-12-18)29-20-9-5-2-6-10-20/h1-14H,15-17H2,(H,24,26)(H,25,27).